The van der Waals surface area contributed by atoms with E-state index in [-0.39, 0.29) is 24.5 Å². The van der Waals surface area contributed by atoms with Crippen LogP contribution in [-0.4, -0.2) is 52.8 Å². The van der Waals surface area contributed by atoms with Crippen molar-refractivity contribution in [1.82, 2.24) is 14.8 Å². The van der Waals surface area contributed by atoms with Gasteiger partial charge in [-0.25, -0.2) is 0 Å². The van der Waals surface area contributed by atoms with Crippen molar-refractivity contribution in [2.45, 2.75) is 38.8 Å². The van der Waals surface area contributed by atoms with Crippen LogP contribution in [0.25, 0.3) is 16.5 Å². The van der Waals surface area contributed by atoms with Crippen molar-refractivity contribution in [2.75, 3.05) is 20.2 Å². The summed E-state index contributed by atoms with van der Waals surface area (Å²) in [5.41, 5.74) is 6.57. The highest BCUT2D eigenvalue weighted by Crippen LogP contribution is 2.42. The Balaban J connectivity index is 1.77. The number of carbonyl (C=O) groups excluding carboxylic acids is 1. The second-order valence-corrected chi connectivity index (χ2v) is 8.01. The number of aromatic nitrogens is 1. The van der Waals surface area contributed by atoms with Crippen LogP contribution in [0.4, 0.5) is 0 Å². The molecule has 0 saturated heterocycles. The Kier molecular flexibility index (Phi) is 4.60. The maximum absolute atomic E-state index is 12.8. The molecule has 0 bridgehead atoms. The summed E-state index contributed by atoms with van der Waals surface area (Å²) in [6.45, 7) is 4.87. The number of likely N-dealkylation sites (N-methyl/N-ethyl adjacent to an activating group) is 1. The molecule has 0 radical (unpaired) electrons. The number of aliphatic hydroxyl groups is 1. The molecule has 1 aliphatic carbocycles. The van der Waals surface area contributed by atoms with Crippen molar-refractivity contribution in [1.29, 1.82) is 0 Å². The van der Waals surface area contributed by atoms with Gasteiger partial charge in [-0.2, -0.15) is 0 Å². The van der Waals surface area contributed by atoms with E-state index in [0.717, 1.165) is 12.8 Å². The van der Waals surface area contributed by atoms with Crippen molar-refractivity contribution < 1.29 is 9.90 Å². The maximum atomic E-state index is 12.8. The van der Waals surface area contributed by atoms with E-state index < -0.39 is 0 Å². The highest BCUT2D eigenvalue weighted by Gasteiger charge is 2.36. The minimum absolute atomic E-state index is 0.0101. The monoisotopic (exact) mass is 367 g/mol. The van der Waals surface area contributed by atoms with Gasteiger partial charge in [-0.05, 0) is 49.6 Å². The van der Waals surface area contributed by atoms with Gasteiger partial charge >= 0.3 is 0 Å². The lowest BCUT2D eigenvalue weighted by Crippen LogP contribution is -2.48. The average molecular weight is 367 g/mol. The normalized spacial score (nSPS) is 23.1. The SMILES string of the molecule is CCC(CO)NC(=O)C1C=C2c3cccc4c3c(c(C)n4C)CC2N(C)C1. The van der Waals surface area contributed by atoms with Gasteiger partial charge in [-0.15, -0.1) is 0 Å². The maximum Gasteiger partial charge on any atom is 0.228 e. The van der Waals surface area contributed by atoms with Crippen LogP contribution in [0.5, 0.6) is 0 Å². The molecule has 5 heteroatoms. The minimum Gasteiger partial charge on any atom is -0.394 e. The third-order valence-electron chi connectivity index (χ3n) is 6.51. The summed E-state index contributed by atoms with van der Waals surface area (Å²) < 4.78 is 2.28. The fraction of sp³-hybridized carbons (Fsp3) is 0.500. The summed E-state index contributed by atoms with van der Waals surface area (Å²) in [4.78, 5) is 15.1. The first-order valence-electron chi connectivity index (χ1n) is 9.86. The van der Waals surface area contributed by atoms with Crippen LogP contribution in [0.2, 0.25) is 0 Å². The first-order valence-corrected chi connectivity index (χ1v) is 9.86. The van der Waals surface area contributed by atoms with E-state index in [4.69, 9.17) is 0 Å². The molecule has 1 aliphatic heterocycles. The second kappa shape index (κ2) is 6.80. The van der Waals surface area contributed by atoms with Crippen LogP contribution in [0.3, 0.4) is 0 Å². The molecule has 0 spiro atoms. The molecule has 2 heterocycles. The number of aliphatic hydroxyl groups excluding tert-OH is 1. The molecule has 4 rings (SSSR count). The van der Waals surface area contributed by atoms with Gasteiger partial charge in [-0.1, -0.05) is 25.1 Å². The number of hydrogen-bond donors (Lipinski definition) is 2. The number of fused-ring (bicyclic) bond motifs is 2. The van der Waals surface area contributed by atoms with E-state index in [1.807, 2.05) is 6.92 Å². The van der Waals surface area contributed by atoms with Gasteiger partial charge in [-0.3, -0.25) is 9.69 Å². The second-order valence-electron chi connectivity index (χ2n) is 8.01. The highest BCUT2D eigenvalue weighted by atomic mass is 16.3. The summed E-state index contributed by atoms with van der Waals surface area (Å²) in [7, 11) is 4.25. The van der Waals surface area contributed by atoms with Crippen molar-refractivity contribution in [2.24, 2.45) is 13.0 Å². The van der Waals surface area contributed by atoms with Gasteiger partial charge in [0.05, 0.1) is 18.6 Å². The van der Waals surface area contributed by atoms with E-state index in [1.54, 1.807) is 0 Å². The van der Waals surface area contributed by atoms with Gasteiger partial charge in [0.25, 0.3) is 0 Å². The topological polar surface area (TPSA) is 57.5 Å². The zero-order valence-electron chi connectivity index (χ0n) is 16.6. The van der Waals surface area contributed by atoms with Gasteiger partial charge < -0.3 is 15.0 Å². The molecule has 2 aromatic rings. The lowest BCUT2D eigenvalue weighted by atomic mass is 9.79. The number of nitrogens with one attached hydrogen (secondary N) is 1. The molecule has 144 valence electrons. The molecule has 1 aromatic heterocycles. The minimum atomic E-state index is -0.191. The Morgan fingerprint density at radius 2 is 2.15 bits per heavy atom. The summed E-state index contributed by atoms with van der Waals surface area (Å²) in [6, 6.07) is 6.64. The van der Waals surface area contributed by atoms with Crippen molar-refractivity contribution in [3.63, 3.8) is 0 Å². The third kappa shape index (κ3) is 2.80. The smallest absolute Gasteiger partial charge is 0.228 e. The van der Waals surface area contributed by atoms with E-state index in [2.05, 4.69) is 60.1 Å². The molecular weight excluding hydrogens is 338 g/mol. The number of rotatable bonds is 4. The molecule has 2 aliphatic rings. The Morgan fingerprint density at radius 1 is 1.37 bits per heavy atom. The third-order valence-corrected chi connectivity index (χ3v) is 6.51. The van der Waals surface area contributed by atoms with Crippen molar-refractivity contribution in [3.05, 3.63) is 41.1 Å². The zero-order valence-corrected chi connectivity index (χ0v) is 16.6. The standard InChI is InChI=1S/C22H29N3O2/c1-5-15(12-26)23-22(27)14-9-18-16-7-6-8-19-21(16)17(13(2)25(19)4)10-20(18)24(3)11-14/h6-9,14-15,20,26H,5,10-12H2,1-4H3,(H,23,27). The fourth-order valence-electron chi connectivity index (χ4n) is 4.72. The van der Waals surface area contributed by atoms with Crippen LogP contribution in [-0.2, 0) is 18.3 Å². The van der Waals surface area contributed by atoms with Crippen LogP contribution in [0.1, 0.15) is 30.2 Å². The molecule has 1 aromatic carbocycles. The number of benzene rings is 1. The van der Waals surface area contributed by atoms with E-state index >= 15 is 0 Å². The largest absolute Gasteiger partial charge is 0.394 e. The molecule has 3 unspecified atom stereocenters. The number of amides is 1. The van der Waals surface area contributed by atoms with Crippen LogP contribution >= 0.6 is 0 Å². The van der Waals surface area contributed by atoms with Gasteiger partial charge in [0, 0.05) is 36.2 Å². The lowest BCUT2D eigenvalue weighted by molar-refractivity contribution is -0.125. The van der Waals surface area contributed by atoms with Gasteiger partial charge in [0.15, 0.2) is 0 Å². The summed E-state index contributed by atoms with van der Waals surface area (Å²) in [5, 5.41) is 13.7. The Morgan fingerprint density at radius 3 is 2.85 bits per heavy atom. The quantitative estimate of drug-likeness (QED) is 0.871. The fourth-order valence-corrected chi connectivity index (χ4v) is 4.72. The zero-order chi connectivity index (χ0) is 19.3. The van der Waals surface area contributed by atoms with Crippen molar-refractivity contribution >= 4 is 22.4 Å². The predicted molar refractivity (Wildman–Crippen MR) is 109 cm³/mol. The summed E-state index contributed by atoms with van der Waals surface area (Å²) in [6.07, 6.45) is 3.89. The predicted octanol–water partition coefficient (Wildman–Crippen LogP) is 2.24. The average Bonchev–Trinajstić information content (AvgIpc) is 2.92. The molecule has 2 N–H and O–H groups in total. The Bertz CT molecular complexity index is 923. The first kappa shape index (κ1) is 18.3. The van der Waals surface area contributed by atoms with E-state index in [0.29, 0.717) is 12.6 Å². The number of hydrogen-bond acceptors (Lipinski definition) is 3. The molecule has 1 amide bonds. The molecule has 0 fully saturated rings. The highest BCUT2D eigenvalue weighted by molar-refractivity contribution is 6.00. The molecular formula is C22H29N3O2. The summed E-state index contributed by atoms with van der Waals surface area (Å²) >= 11 is 0. The molecule has 3 atom stereocenters. The number of nitrogens with zero attached hydrogens (tertiary/aromatic N) is 2. The molecule has 27 heavy (non-hydrogen) atoms. The summed E-state index contributed by atoms with van der Waals surface area (Å²) in [5.74, 6) is -0.181. The van der Waals surface area contributed by atoms with Crippen molar-refractivity contribution in [3.8, 4) is 0 Å². The molecule has 5 nitrogen and oxygen atoms in total. The molecule has 0 saturated carbocycles. The lowest BCUT2D eigenvalue weighted by Gasteiger charge is -2.39. The van der Waals surface area contributed by atoms with E-state index in [9.17, 15) is 9.90 Å². The van der Waals surface area contributed by atoms with Crippen LogP contribution < -0.4 is 5.32 Å². The van der Waals surface area contributed by atoms with Crippen LogP contribution in [0, 0.1) is 12.8 Å². The van der Waals surface area contributed by atoms with Gasteiger partial charge in [0.2, 0.25) is 5.91 Å². The first-order chi connectivity index (χ1) is 13.0. The van der Waals surface area contributed by atoms with E-state index in [1.165, 1.54) is 33.3 Å². The van der Waals surface area contributed by atoms with Crippen LogP contribution in [0.15, 0.2) is 24.3 Å². The Hall–Kier alpha value is -2.11. The van der Waals surface area contributed by atoms with Gasteiger partial charge in [0.1, 0.15) is 0 Å². The number of carbonyl (C=O) groups is 1. The Labute approximate surface area is 160 Å². The number of aryl methyl sites for hydroxylation is 1.